The molecule has 0 nitrogen and oxygen atoms in total. The molecule has 1 aliphatic heterocycles. The first kappa shape index (κ1) is 16.0. The van der Waals surface area contributed by atoms with E-state index in [0.717, 1.165) is 0 Å². The molecule has 1 saturated heterocycles. The Balaban J connectivity index is 2.62. The largest absolute Gasteiger partial charge is 0.109 e. The summed E-state index contributed by atoms with van der Waals surface area (Å²) in [4.78, 5) is 0. The van der Waals surface area contributed by atoms with Gasteiger partial charge < -0.3 is 0 Å². The van der Waals surface area contributed by atoms with E-state index in [2.05, 4.69) is 63.5 Å². The third-order valence-corrected chi connectivity index (χ3v) is 25.6. The monoisotopic (exact) mass is 348 g/mol. The Bertz CT molecular complexity index is 464. The predicted octanol–water partition coefficient (Wildman–Crippen LogP) is 6.22. The fraction of sp³-hybridized carbons (Fsp3) is 0.571. The Labute approximate surface area is 130 Å². The summed E-state index contributed by atoms with van der Waals surface area (Å²) >= 11 is 14.1. The highest BCUT2D eigenvalue weighted by Crippen LogP contribution is 2.96. The lowest BCUT2D eigenvalue weighted by Gasteiger charge is -2.41. The van der Waals surface area contributed by atoms with E-state index in [4.69, 9.17) is 22.8 Å². The summed E-state index contributed by atoms with van der Waals surface area (Å²) in [6.45, 7) is 14.6. The fourth-order valence-corrected chi connectivity index (χ4v) is 33.6. The van der Waals surface area contributed by atoms with Gasteiger partial charge in [0.25, 0.3) is 0 Å². The van der Waals surface area contributed by atoms with E-state index in [1.165, 1.54) is 5.56 Å². The summed E-state index contributed by atoms with van der Waals surface area (Å²) in [5.74, 6) is 0. The number of benzene rings is 1. The van der Waals surface area contributed by atoms with E-state index in [9.17, 15) is 0 Å². The second-order valence-corrected chi connectivity index (χ2v) is 23.1. The molecule has 0 bridgehead atoms. The fourth-order valence-electron chi connectivity index (χ4n) is 3.99. The summed E-state index contributed by atoms with van der Waals surface area (Å²) in [6, 6.07) is 10.5. The van der Waals surface area contributed by atoms with Gasteiger partial charge in [0, 0.05) is 11.7 Å². The van der Waals surface area contributed by atoms with Crippen LogP contribution < -0.4 is 0 Å². The highest BCUT2D eigenvalue weighted by Gasteiger charge is 2.84. The molecule has 0 aromatic heterocycles. The Morgan fingerprint density at radius 3 is 1.63 bits per heavy atom. The molecule has 106 valence electrons. The zero-order valence-electron chi connectivity index (χ0n) is 12.6. The predicted molar refractivity (Wildman–Crippen MR) is 96.2 cm³/mol. The van der Waals surface area contributed by atoms with Crippen molar-refractivity contribution in [2.24, 2.45) is 0 Å². The molecule has 0 amide bonds. The van der Waals surface area contributed by atoms with Crippen LogP contribution in [0.2, 0.25) is 39.3 Å². The maximum Gasteiger partial charge on any atom is 0.109 e. The molecule has 5 heteroatoms. The van der Waals surface area contributed by atoms with Gasteiger partial charge in [-0.25, -0.2) is 0 Å². The zero-order valence-corrected chi connectivity index (χ0v) is 17.0. The summed E-state index contributed by atoms with van der Waals surface area (Å²) in [5.41, 5.74) is 1.24. The van der Waals surface area contributed by atoms with Crippen molar-refractivity contribution in [3.05, 3.63) is 35.9 Å². The van der Waals surface area contributed by atoms with Gasteiger partial charge >= 0.3 is 0 Å². The van der Waals surface area contributed by atoms with Gasteiger partial charge in [-0.3, -0.25) is 0 Å². The van der Waals surface area contributed by atoms with Crippen LogP contribution in [0.1, 0.15) is 5.56 Å². The Morgan fingerprint density at radius 1 is 0.895 bits per heavy atom. The van der Waals surface area contributed by atoms with Gasteiger partial charge in [0.05, 0.1) is 16.1 Å². The second kappa shape index (κ2) is 4.58. The van der Waals surface area contributed by atoms with Crippen molar-refractivity contribution >= 4 is 46.3 Å². The van der Waals surface area contributed by atoms with Crippen molar-refractivity contribution in [1.82, 2.24) is 0 Å². The van der Waals surface area contributed by atoms with Crippen LogP contribution in [0.3, 0.4) is 0 Å². The topological polar surface area (TPSA) is 0 Å². The van der Waals surface area contributed by atoms with Crippen LogP contribution in [0.15, 0.2) is 30.3 Å². The van der Waals surface area contributed by atoms with Crippen molar-refractivity contribution < 1.29 is 0 Å². The number of alkyl halides is 1. The van der Waals surface area contributed by atoms with E-state index in [1.807, 2.05) is 6.07 Å². The minimum Gasteiger partial charge on any atom is -0.107 e. The third-order valence-electron chi connectivity index (χ3n) is 4.32. The van der Waals surface area contributed by atoms with Crippen LogP contribution in [0, 0.1) is 0 Å². The SMILES string of the molecule is C[Si](C)(C)C1([Si](C)(C)C)[P@](Cl)C1(Cl)c1ccccc1. The average Bonchev–Trinajstić information content (AvgIpc) is 2.79. The van der Waals surface area contributed by atoms with Gasteiger partial charge in [-0.05, 0) is 5.56 Å². The Hall–Kier alpha value is 0.664. The van der Waals surface area contributed by atoms with E-state index < -0.39 is 23.4 Å². The van der Waals surface area contributed by atoms with Crippen molar-refractivity contribution in [2.75, 3.05) is 0 Å². The number of rotatable bonds is 3. The lowest BCUT2D eigenvalue weighted by molar-refractivity contribution is 0.956. The van der Waals surface area contributed by atoms with Gasteiger partial charge in [-0.15, -0.1) is 11.6 Å². The quantitative estimate of drug-likeness (QED) is 0.345. The van der Waals surface area contributed by atoms with Crippen LogP contribution in [-0.2, 0) is 4.62 Å². The van der Waals surface area contributed by atoms with Crippen molar-refractivity contribution in [3.63, 3.8) is 0 Å². The van der Waals surface area contributed by atoms with Gasteiger partial charge in [0.1, 0.15) is 4.62 Å². The van der Waals surface area contributed by atoms with E-state index >= 15 is 0 Å². The molecule has 0 aliphatic carbocycles. The maximum absolute atomic E-state index is 7.18. The summed E-state index contributed by atoms with van der Waals surface area (Å²) < 4.78 is -0.0765. The molecule has 1 heterocycles. The van der Waals surface area contributed by atoms with Crippen molar-refractivity contribution in [2.45, 2.75) is 48.3 Å². The third kappa shape index (κ3) is 1.94. The molecule has 1 aliphatic rings. The molecule has 0 saturated carbocycles. The van der Waals surface area contributed by atoms with Gasteiger partial charge in [-0.1, -0.05) is 80.9 Å². The average molecular weight is 349 g/mol. The van der Waals surface area contributed by atoms with Crippen molar-refractivity contribution in [1.29, 1.82) is 0 Å². The lowest BCUT2D eigenvalue weighted by Crippen LogP contribution is -2.59. The van der Waals surface area contributed by atoms with Crippen LogP contribution in [0.25, 0.3) is 0 Å². The first-order valence-corrected chi connectivity index (χ1v) is 16.3. The van der Waals surface area contributed by atoms with E-state index in [-0.39, 0.29) is 9.02 Å². The molecule has 2 rings (SSSR count). The first-order valence-electron chi connectivity index (χ1n) is 6.72. The molecule has 1 fully saturated rings. The molecular weight excluding hydrogens is 326 g/mol. The molecule has 1 unspecified atom stereocenters. The first-order chi connectivity index (χ1) is 8.51. The lowest BCUT2D eigenvalue weighted by atomic mass is 10.2. The molecule has 2 atom stereocenters. The standard InChI is InChI=1S/C14H23Cl2PSi2/c1-18(2,3)14(19(4,5)6)13(15,17(14)16)12-10-8-7-9-11-12/h7-11H,1-6H3/t13?,17-/m1/s1. The van der Waals surface area contributed by atoms with Crippen LogP contribution in [-0.4, -0.2) is 20.6 Å². The number of hydrogen-bond donors (Lipinski definition) is 0. The van der Waals surface area contributed by atoms with Crippen molar-refractivity contribution in [3.8, 4) is 0 Å². The summed E-state index contributed by atoms with van der Waals surface area (Å²) in [6.07, 6.45) is 0. The zero-order chi connectivity index (χ0) is 14.7. The minimum absolute atomic E-state index is 0.215. The van der Waals surface area contributed by atoms with Crippen LogP contribution in [0.5, 0.6) is 0 Å². The molecule has 0 N–H and O–H groups in total. The summed E-state index contributed by atoms with van der Waals surface area (Å²) in [5, 5.41) is 0. The van der Waals surface area contributed by atoms with Crippen LogP contribution in [0.4, 0.5) is 0 Å². The molecular formula is C14H23Cl2PSi2. The number of halogens is 2. The highest BCUT2D eigenvalue weighted by atomic mass is 35.7. The minimum atomic E-state index is -1.46. The van der Waals surface area contributed by atoms with Gasteiger partial charge in [0.2, 0.25) is 0 Å². The normalized spacial score (nSPS) is 30.2. The second-order valence-electron chi connectivity index (χ2n) is 7.48. The smallest absolute Gasteiger partial charge is 0.107 e. The summed E-state index contributed by atoms with van der Waals surface area (Å²) in [7, 11) is -3.58. The van der Waals surface area contributed by atoms with Gasteiger partial charge in [0.15, 0.2) is 0 Å². The molecule has 19 heavy (non-hydrogen) atoms. The molecule has 0 spiro atoms. The van der Waals surface area contributed by atoms with E-state index in [0.29, 0.717) is 0 Å². The number of hydrogen-bond acceptors (Lipinski definition) is 0. The molecule has 0 radical (unpaired) electrons. The molecule has 1 aromatic rings. The van der Waals surface area contributed by atoms with Gasteiger partial charge in [-0.2, -0.15) is 0 Å². The maximum atomic E-state index is 7.18. The van der Waals surface area contributed by atoms with E-state index in [1.54, 1.807) is 0 Å². The Morgan fingerprint density at radius 2 is 1.32 bits per heavy atom. The molecule has 1 aromatic carbocycles. The Kier molecular flexibility index (Phi) is 3.87. The highest BCUT2D eigenvalue weighted by molar-refractivity contribution is 7.99. The van der Waals surface area contributed by atoms with Crippen LogP contribution >= 0.6 is 30.1 Å².